The summed E-state index contributed by atoms with van der Waals surface area (Å²) in [5.74, 6) is 0.829. The number of benzene rings is 2. The first kappa shape index (κ1) is 41.7. The molecule has 275 valence electrons. The summed E-state index contributed by atoms with van der Waals surface area (Å²) < 4.78 is 5.86. The maximum absolute atomic E-state index is 12.2. The first-order chi connectivity index (χ1) is 23.6. The monoisotopic (exact) mass is 867 g/mol. The molecular weight excluding hydrogens is 811 g/mol. The van der Waals surface area contributed by atoms with Crippen LogP contribution in [0.2, 0.25) is 0 Å². The van der Waals surface area contributed by atoms with Crippen LogP contribution < -0.4 is 0 Å². The minimum Gasteiger partial charge on any atom is -0.512 e. The molecule has 0 amide bonds. The van der Waals surface area contributed by atoms with E-state index in [1.54, 1.807) is 12.6 Å². The summed E-state index contributed by atoms with van der Waals surface area (Å²) in [4.78, 5) is 26.1. The molecule has 0 atom stereocenters. The molecular formula is C44H56IrN3O3-. The van der Waals surface area contributed by atoms with Crippen molar-refractivity contribution >= 4 is 27.5 Å². The van der Waals surface area contributed by atoms with E-state index in [4.69, 9.17) is 9.40 Å². The second-order valence-corrected chi connectivity index (χ2v) is 15.5. The molecule has 5 rings (SSSR count). The van der Waals surface area contributed by atoms with Crippen molar-refractivity contribution in [2.24, 2.45) is 16.7 Å². The van der Waals surface area contributed by atoms with Crippen molar-refractivity contribution in [3.63, 3.8) is 0 Å². The van der Waals surface area contributed by atoms with E-state index in [0.29, 0.717) is 5.92 Å². The van der Waals surface area contributed by atoms with E-state index in [-0.39, 0.29) is 47.9 Å². The molecule has 0 fully saturated rings. The number of carbonyl (C=O) groups excluding carboxylic acids is 1. The van der Waals surface area contributed by atoms with Crippen LogP contribution in [0.4, 0.5) is 0 Å². The minimum absolute atomic E-state index is 0. The van der Waals surface area contributed by atoms with Gasteiger partial charge < -0.3 is 9.52 Å². The van der Waals surface area contributed by atoms with E-state index in [2.05, 4.69) is 81.0 Å². The quantitative estimate of drug-likeness (QED) is 0.0808. The average Bonchev–Trinajstić information content (AvgIpc) is 3.61. The molecule has 2 aromatic carbocycles. The van der Waals surface area contributed by atoms with Crippen LogP contribution in [-0.4, -0.2) is 25.8 Å². The predicted molar refractivity (Wildman–Crippen MR) is 207 cm³/mol. The molecule has 0 saturated carbocycles. The number of ketones is 1. The number of hydrogen-bond donors (Lipinski definition) is 1. The molecule has 3 aromatic heterocycles. The molecule has 7 heteroatoms. The Balaban J connectivity index is 0.000000335. The van der Waals surface area contributed by atoms with Gasteiger partial charge in [0.25, 0.3) is 0 Å². The van der Waals surface area contributed by atoms with Crippen LogP contribution in [0.5, 0.6) is 0 Å². The second kappa shape index (κ2) is 17.2. The van der Waals surface area contributed by atoms with Gasteiger partial charge in [-0.1, -0.05) is 105 Å². The third kappa shape index (κ3) is 9.42. The number of aromatic nitrogens is 3. The van der Waals surface area contributed by atoms with Crippen molar-refractivity contribution < 1.29 is 34.4 Å². The van der Waals surface area contributed by atoms with Gasteiger partial charge in [0, 0.05) is 54.3 Å². The van der Waals surface area contributed by atoms with Crippen molar-refractivity contribution in [3.8, 4) is 22.6 Å². The zero-order valence-corrected chi connectivity index (χ0v) is 34.8. The van der Waals surface area contributed by atoms with E-state index in [9.17, 15) is 9.90 Å². The van der Waals surface area contributed by atoms with E-state index >= 15 is 0 Å². The number of fused-ring (bicyclic) bond motifs is 2. The van der Waals surface area contributed by atoms with Crippen molar-refractivity contribution in [2.45, 2.75) is 114 Å². The van der Waals surface area contributed by atoms with Gasteiger partial charge in [0.05, 0.1) is 12.0 Å². The van der Waals surface area contributed by atoms with Gasteiger partial charge >= 0.3 is 0 Å². The van der Waals surface area contributed by atoms with Gasteiger partial charge in [-0.15, -0.1) is 29.1 Å². The van der Waals surface area contributed by atoms with Crippen molar-refractivity contribution in [1.29, 1.82) is 0 Å². The fourth-order valence-corrected chi connectivity index (χ4v) is 6.11. The Labute approximate surface area is 319 Å². The third-order valence-corrected chi connectivity index (χ3v) is 10.6. The normalized spacial score (nSPS) is 12.5. The Morgan fingerprint density at radius 3 is 2.10 bits per heavy atom. The van der Waals surface area contributed by atoms with Gasteiger partial charge in [-0.3, -0.25) is 14.8 Å². The maximum Gasteiger partial charge on any atom is 0.164 e. The van der Waals surface area contributed by atoms with Crippen LogP contribution in [-0.2, 0) is 36.7 Å². The van der Waals surface area contributed by atoms with Gasteiger partial charge in [-0.2, -0.15) is 0 Å². The molecule has 51 heavy (non-hydrogen) atoms. The molecule has 0 aliphatic rings. The fourth-order valence-electron chi connectivity index (χ4n) is 6.11. The maximum atomic E-state index is 12.2. The molecule has 1 N–H and O–H groups in total. The molecule has 1 radical (unpaired) electrons. The van der Waals surface area contributed by atoms with Crippen LogP contribution in [0.3, 0.4) is 0 Å². The van der Waals surface area contributed by atoms with Crippen LogP contribution in [0.1, 0.15) is 113 Å². The molecule has 0 bridgehead atoms. The zero-order chi connectivity index (χ0) is 36.9. The van der Waals surface area contributed by atoms with Crippen LogP contribution in [0.25, 0.3) is 44.4 Å². The van der Waals surface area contributed by atoms with Gasteiger partial charge in [0.2, 0.25) is 0 Å². The minimum atomic E-state index is -0.337. The Morgan fingerprint density at radius 2 is 1.49 bits per heavy atom. The molecule has 0 saturated heterocycles. The zero-order valence-electron chi connectivity index (χ0n) is 32.4. The SMILES string of the molecule is CC(C)Cc1cnc(-c2cc(-c3[c-]c4ccccc4c(C(C)(C)C)c3)ncn2)c2occc12.CCC(C)(CC)C(=O)/C=C(\O)C(C)(CC)CC.[Ir]. The van der Waals surface area contributed by atoms with Crippen molar-refractivity contribution in [1.82, 2.24) is 15.0 Å². The molecule has 3 heterocycles. The number of rotatable bonds is 11. The van der Waals surface area contributed by atoms with Gasteiger partial charge in [-0.05, 0) is 61.1 Å². The first-order valence-corrected chi connectivity index (χ1v) is 18.2. The number of hydrogen-bond acceptors (Lipinski definition) is 6. The predicted octanol–water partition coefficient (Wildman–Crippen LogP) is 12.0. The number of aliphatic hydroxyl groups is 1. The van der Waals surface area contributed by atoms with Crippen LogP contribution >= 0.6 is 0 Å². The summed E-state index contributed by atoms with van der Waals surface area (Å²) in [6.07, 6.45) is 11.0. The summed E-state index contributed by atoms with van der Waals surface area (Å²) in [6, 6.07) is 18.2. The summed E-state index contributed by atoms with van der Waals surface area (Å²) in [6.45, 7) is 23.2. The Kier molecular flexibility index (Phi) is 14.1. The van der Waals surface area contributed by atoms with E-state index < -0.39 is 0 Å². The topological polar surface area (TPSA) is 89.1 Å². The van der Waals surface area contributed by atoms with Crippen molar-refractivity contribution in [3.05, 3.63) is 90.3 Å². The summed E-state index contributed by atoms with van der Waals surface area (Å²) in [5, 5.41) is 13.5. The third-order valence-electron chi connectivity index (χ3n) is 10.6. The largest absolute Gasteiger partial charge is 0.512 e. The molecule has 0 unspecified atom stereocenters. The molecule has 5 aromatic rings. The smallest absolute Gasteiger partial charge is 0.164 e. The number of aliphatic hydroxyl groups excluding tert-OH is 1. The number of furan rings is 1. The van der Waals surface area contributed by atoms with Gasteiger partial charge in [-0.25, -0.2) is 4.98 Å². The van der Waals surface area contributed by atoms with Crippen molar-refractivity contribution in [2.75, 3.05) is 0 Å². The molecule has 0 aliphatic heterocycles. The van der Waals surface area contributed by atoms with E-state index in [1.807, 2.05) is 59.9 Å². The van der Waals surface area contributed by atoms with E-state index in [1.165, 1.54) is 22.6 Å². The summed E-state index contributed by atoms with van der Waals surface area (Å²) in [7, 11) is 0. The first-order valence-electron chi connectivity index (χ1n) is 18.2. The fraction of sp³-hybridized carbons (Fsp3) is 0.455. The van der Waals surface area contributed by atoms with Gasteiger partial charge in [0.1, 0.15) is 17.8 Å². The van der Waals surface area contributed by atoms with Crippen LogP contribution in [0, 0.1) is 22.8 Å². The molecule has 0 spiro atoms. The van der Waals surface area contributed by atoms with E-state index in [0.717, 1.165) is 71.1 Å². The molecule has 0 aliphatic carbocycles. The molecule has 6 nitrogen and oxygen atoms in total. The second-order valence-electron chi connectivity index (χ2n) is 15.5. The number of carbonyl (C=O) groups is 1. The summed E-state index contributed by atoms with van der Waals surface area (Å²) in [5.41, 5.74) is 5.90. The van der Waals surface area contributed by atoms with Crippen LogP contribution in [0.15, 0.2) is 77.5 Å². The standard InChI is InChI=1S/C29H28N3O.C15H28O2.Ir/c1-18(2)12-21-16-30-27(28-23(21)10-11-33-28)26-15-25(31-17-32-26)20-13-19-8-6-7-9-22(19)24(14-20)29(3,4)5;1-7-14(5,8-2)12(16)11-13(17)15(6,9-3)10-4;/h6-11,14-18H,12H2,1-5H3;11,16H,7-10H2,1-6H3;/q-1;;/b;12-11-;. The Bertz CT molecular complexity index is 1960. The number of allylic oxidation sites excluding steroid dienone is 2. The Hall–Kier alpha value is -3.67. The Morgan fingerprint density at radius 1 is 0.863 bits per heavy atom. The average molecular weight is 867 g/mol. The van der Waals surface area contributed by atoms with Gasteiger partial charge in [0.15, 0.2) is 11.4 Å². The number of pyridine rings is 1. The summed E-state index contributed by atoms with van der Waals surface area (Å²) >= 11 is 0. The number of nitrogens with zero attached hydrogens (tertiary/aromatic N) is 3.